The summed E-state index contributed by atoms with van der Waals surface area (Å²) in [5.41, 5.74) is 2.19. The zero-order chi connectivity index (χ0) is 24.0. The van der Waals surface area contributed by atoms with Crippen molar-refractivity contribution in [3.05, 3.63) is 53.6 Å². The Kier molecular flexibility index (Phi) is 8.10. The molecule has 1 aliphatic heterocycles. The highest BCUT2D eigenvalue weighted by atomic mass is 32.2. The predicted octanol–water partition coefficient (Wildman–Crippen LogP) is 3.15. The van der Waals surface area contributed by atoms with Crippen molar-refractivity contribution in [3.63, 3.8) is 0 Å². The van der Waals surface area contributed by atoms with Gasteiger partial charge < -0.3 is 14.8 Å². The molecule has 3 rings (SSSR count). The summed E-state index contributed by atoms with van der Waals surface area (Å²) in [5.74, 6) is -0.717. The number of aryl methyl sites for hydroxylation is 1. The minimum atomic E-state index is -3.80. The Morgan fingerprint density at radius 3 is 2.55 bits per heavy atom. The average Bonchev–Trinajstić information content (AvgIpc) is 2.80. The van der Waals surface area contributed by atoms with Crippen LogP contribution in [-0.2, 0) is 30.8 Å². The highest BCUT2D eigenvalue weighted by Crippen LogP contribution is 2.31. The largest absolute Gasteiger partial charge is 0.495 e. The van der Waals surface area contributed by atoms with Gasteiger partial charge in [0.2, 0.25) is 15.9 Å². The second kappa shape index (κ2) is 10.8. The van der Waals surface area contributed by atoms with E-state index in [1.54, 1.807) is 49.4 Å². The lowest BCUT2D eigenvalue weighted by molar-refractivity contribution is -0.142. The number of carbonyl (C=O) groups excluding carboxylic acids is 2. The zero-order valence-electron chi connectivity index (χ0n) is 19.2. The number of rotatable bonds is 8. The molecule has 0 radical (unpaired) electrons. The van der Waals surface area contributed by atoms with Crippen LogP contribution in [0.4, 0.5) is 5.69 Å². The molecular formula is C24H30N2O6S. The van der Waals surface area contributed by atoms with E-state index in [0.717, 1.165) is 11.1 Å². The molecule has 1 saturated heterocycles. The van der Waals surface area contributed by atoms with E-state index in [1.165, 1.54) is 11.4 Å². The highest BCUT2D eigenvalue weighted by Gasteiger charge is 2.35. The molecule has 1 amide bonds. The predicted molar refractivity (Wildman–Crippen MR) is 125 cm³/mol. The first-order valence-electron chi connectivity index (χ1n) is 10.9. The summed E-state index contributed by atoms with van der Waals surface area (Å²) in [5, 5.41) is 2.86. The lowest BCUT2D eigenvalue weighted by atomic mass is 9.98. The number of ether oxygens (including phenoxy) is 2. The molecule has 1 fully saturated rings. The van der Waals surface area contributed by atoms with E-state index < -0.39 is 15.9 Å². The third-order valence-electron chi connectivity index (χ3n) is 5.57. The lowest BCUT2D eigenvalue weighted by Gasteiger charge is -2.31. The lowest BCUT2D eigenvalue weighted by Crippen LogP contribution is -2.43. The van der Waals surface area contributed by atoms with Gasteiger partial charge >= 0.3 is 5.97 Å². The topological polar surface area (TPSA) is 102 Å². The highest BCUT2D eigenvalue weighted by molar-refractivity contribution is 7.89. The Morgan fingerprint density at radius 2 is 1.88 bits per heavy atom. The number of esters is 1. The first-order valence-corrected chi connectivity index (χ1v) is 12.4. The van der Waals surface area contributed by atoms with E-state index in [1.807, 2.05) is 6.92 Å². The van der Waals surface area contributed by atoms with E-state index in [9.17, 15) is 18.0 Å². The Bertz CT molecular complexity index is 1100. The summed E-state index contributed by atoms with van der Waals surface area (Å²) in [4.78, 5) is 24.6. The van der Waals surface area contributed by atoms with Crippen molar-refractivity contribution in [2.75, 3.05) is 32.1 Å². The fourth-order valence-electron chi connectivity index (χ4n) is 3.83. The van der Waals surface area contributed by atoms with Crippen LogP contribution < -0.4 is 10.1 Å². The van der Waals surface area contributed by atoms with Crippen LogP contribution in [0.1, 0.15) is 30.9 Å². The second-order valence-corrected chi connectivity index (χ2v) is 9.93. The van der Waals surface area contributed by atoms with Crippen molar-refractivity contribution < 1.29 is 27.5 Å². The summed E-state index contributed by atoms with van der Waals surface area (Å²) in [6, 6.07) is 12.0. The second-order valence-electron chi connectivity index (χ2n) is 8.02. The van der Waals surface area contributed by atoms with Gasteiger partial charge in [-0.05, 0) is 62.1 Å². The van der Waals surface area contributed by atoms with Gasteiger partial charge in [-0.3, -0.25) is 9.59 Å². The van der Waals surface area contributed by atoms with Gasteiger partial charge in [0.25, 0.3) is 0 Å². The van der Waals surface area contributed by atoms with Crippen molar-refractivity contribution in [1.29, 1.82) is 0 Å². The minimum Gasteiger partial charge on any atom is -0.495 e. The average molecular weight is 475 g/mol. The number of hydrogen-bond acceptors (Lipinski definition) is 6. The van der Waals surface area contributed by atoms with E-state index in [4.69, 9.17) is 9.47 Å². The van der Waals surface area contributed by atoms with E-state index in [2.05, 4.69) is 5.32 Å². The van der Waals surface area contributed by atoms with Crippen molar-refractivity contribution in [3.8, 4) is 5.75 Å². The Balaban J connectivity index is 1.67. The van der Waals surface area contributed by atoms with Crippen LogP contribution in [0.25, 0.3) is 0 Å². The maximum absolute atomic E-state index is 13.3. The molecule has 0 aromatic heterocycles. The molecule has 2 aromatic rings. The van der Waals surface area contributed by atoms with Crippen LogP contribution >= 0.6 is 0 Å². The maximum atomic E-state index is 13.3. The quantitative estimate of drug-likeness (QED) is 0.590. The SMILES string of the molecule is CCOC(=O)Cc1ccc(NC(=O)[C@@H]2CCCN(S(=O)(=O)c3cc(C)ccc3OC)C2)cc1. The summed E-state index contributed by atoms with van der Waals surface area (Å²) in [7, 11) is -2.37. The van der Waals surface area contributed by atoms with E-state index in [0.29, 0.717) is 31.7 Å². The molecule has 178 valence electrons. The number of nitrogens with zero attached hydrogens (tertiary/aromatic N) is 1. The maximum Gasteiger partial charge on any atom is 0.310 e. The minimum absolute atomic E-state index is 0.103. The molecule has 0 aliphatic carbocycles. The molecular weight excluding hydrogens is 444 g/mol. The fraction of sp³-hybridized carbons (Fsp3) is 0.417. The summed E-state index contributed by atoms with van der Waals surface area (Å²) in [6.07, 6.45) is 1.35. The first-order chi connectivity index (χ1) is 15.7. The Morgan fingerprint density at radius 1 is 1.15 bits per heavy atom. The van der Waals surface area contributed by atoms with Crippen molar-refractivity contribution in [2.24, 2.45) is 5.92 Å². The number of hydrogen-bond donors (Lipinski definition) is 1. The van der Waals surface area contributed by atoms with E-state index >= 15 is 0 Å². The number of carbonyl (C=O) groups is 2. The van der Waals surface area contributed by atoms with Crippen molar-refractivity contribution in [2.45, 2.75) is 38.0 Å². The number of nitrogens with one attached hydrogen (secondary N) is 1. The Labute approximate surface area is 194 Å². The molecule has 0 spiro atoms. The summed E-state index contributed by atoms with van der Waals surface area (Å²) >= 11 is 0. The molecule has 1 atom stereocenters. The van der Waals surface area contributed by atoms with Gasteiger partial charge in [-0.1, -0.05) is 18.2 Å². The molecule has 1 aliphatic rings. The van der Waals surface area contributed by atoms with Crippen LogP contribution in [0.5, 0.6) is 5.75 Å². The molecule has 1 N–H and O–H groups in total. The van der Waals surface area contributed by atoms with Crippen LogP contribution in [0.2, 0.25) is 0 Å². The van der Waals surface area contributed by atoms with Crippen LogP contribution in [0.3, 0.4) is 0 Å². The Hall–Kier alpha value is -2.91. The van der Waals surface area contributed by atoms with Gasteiger partial charge in [0.15, 0.2) is 0 Å². The van der Waals surface area contributed by atoms with Gasteiger partial charge in [0.05, 0.1) is 26.1 Å². The standard InChI is InChI=1S/C24H30N2O6S/c1-4-32-23(27)15-18-8-10-20(11-9-18)25-24(28)19-6-5-13-26(16-19)33(29,30)22-14-17(2)7-12-21(22)31-3/h7-12,14,19H,4-6,13,15-16H2,1-3H3,(H,25,28)/t19-/m1/s1. The normalized spacial score (nSPS) is 16.8. The monoisotopic (exact) mass is 474 g/mol. The number of piperidine rings is 1. The third-order valence-corrected chi connectivity index (χ3v) is 7.45. The molecule has 33 heavy (non-hydrogen) atoms. The number of sulfonamides is 1. The molecule has 0 bridgehead atoms. The van der Waals surface area contributed by atoms with Crippen molar-refractivity contribution >= 4 is 27.6 Å². The van der Waals surface area contributed by atoms with Crippen LogP contribution in [0, 0.1) is 12.8 Å². The first kappa shape index (κ1) is 24.7. The van der Waals surface area contributed by atoms with Crippen LogP contribution in [-0.4, -0.2) is 51.4 Å². The van der Waals surface area contributed by atoms with E-state index in [-0.39, 0.29) is 35.5 Å². The summed E-state index contributed by atoms with van der Waals surface area (Å²) in [6.45, 7) is 4.37. The molecule has 2 aromatic carbocycles. The number of benzene rings is 2. The van der Waals surface area contributed by atoms with Gasteiger partial charge in [0, 0.05) is 18.8 Å². The molecule has 0 saturated carbocycles. The van der Waals surface area contributed by atoms with Gasteiger partial charge in [-0.25, -0.2) is 8.42 Å². The van der Waals surface area contributed by atoms with Gasteiger partial charge in [0.1, 0.15) is 10.6 Å². The summed E-state index contributed by atoms with van der Waals surface area (Å²) < 4.78 is 38.2. The molecule has 1 heterocycles. The molecule has 8 nitrogen and oxygen atoms in total. The smallest absolute Gasteiger partial charge is 0.310 e. The molecule has 9 heteroatoms. The molecule has 0 unspecified atom stereocenters. The van der Waals surface area contributed by atoms with Crippen molar-refractivity contribution in [1.82, 2.24) is 4.31 Å². The zero-order valence-corrected chi connectivity index (χ0v) is 20.0. The van der Waals surface area contributed by atoms with Gasteiger partial charge in [-0.2, -0.15) is 4.31 Å². The number of anilines is 1. The van der Waals surface area contributed by atoms with Crippen LogP contribution in [0.15, 0.2) is 47.4 Å². The third kappa shape index (κ3) is 6.11. The van der Waals surface area contributed by atoms with Gasteiger partial charge in [-0.15, -0.1) is 0 Å². The number of methoxy groups -OCH3 is 1. The number of amides is 1. The fourth-order valence-corrected chi connectivity index (χ4v) is 5.59.